The first-order valence-electron chi connectivity index (χ1n) is 31.7. The van der Waals surface area contributed by atoms with E-state index in [0.29, 0.717) is 48.7 Å². The van der Waals surface area contributed by atoms with E-state index >= 15 is 0 Å². The van der Waals surface area contributed by atoms with Crippen molar-refractivity contribution in [3.05, 3.63) is 165 Å². The Morgan fingerprint density at radius 1 is 0.557 bits per heavy atom. The largest absolute Gasteiger partial charge is 0.484 e. The van der Waals surface area contributed by atoms with Gasteiger partial charge in [-0.3, -0.25) is 14.8 Å². The smallest absolute Gasteiger partial charge is 0.345 e. The molecule has 17 nitrogen and oxygen atoms in total. The molecule has 2 aromatic carbocycles. The third-order valence-corrected chi connectivity index (χ3v) is 23.1. The van der Waals surface area contributed by atoms with Crippen LogP contribution >= 0.6 is 0 Å². The monoisotopic (exact) mass is 1200 g/mol. The standard InChI is InChI=1S/C39H45NO8.C32H35NO7/c1-37-17-16-29-38(2,22-44-36(47-29)24-13-8-5-9-14-24)28(37)20-30(46-34(42)23-11-6-4-7-12-23)39(3)33(37)32(41)31-27(48-39)19-26(45-35(31)43)25-15-10-18-40-21-25;1-30-12-11-24-31(2,17-37-29(39-24)18-8-5-4-6-9-18)22(30)15-23(34)32(3)27(30)26(35)25-21(40-32)14-20(38-28(25)36)19-10-7-13-33-16-19/h5,8-10,13-15,18-19,21,23,28-30,32-33,36,41H,4,6-7,11-12,16-17,20,22H2,1-3H3;4-10,13-14,16,22-24,26-27,29,34-35H,11-12,15,17H2,1-3H3/t28?,29-,30-,32-,33?,36+,37-,38-,39+;22?,23-,24-,26-,27?,29+,30-,31-,32+/m00/s1. The number of esters is 1. The summed E-state index contributed by atoms with van der Waals surface area (Å²) in [6, 6.07) is 30.3. The van der Waals surface area contributed by atoms with Gasteiger partial charge in [-0.05, 0) is 112 Å². The quantitative estimate of drug-likeness (QED) is 0.132. The second kappa shape index (κ2) is 22.1. The number of rotatable bonds is 6. The number of benzene rings is 2. The third-order valence-electron chi connectivity index (χ3n) is 23.1. The van der Waals surface area contributed by atoms with Gasteiger partial charge in [-0.15, -0.1) is 0 Å². The topological polar surface area (TPSA) is 229 Å². The summed E-state index contributed by atoms with van der Waals surface area (Å²) in [5.41, 5.74) is -1.88. The van der Waals surface area contributed by atoms with Gasteiger partial charge in [0.15, 0.2) is 12.6 Å². The molecule has 18 atom stereocenters. The van der Waals surface area contributed by atoms with Gasteiger partial charge >= 0.3 is 17.2 Å². The predicted molar refractivity (Wildman–Crippen MR) is 321 cm³/mol. The molecule has 2 saturated heterocycles. The summed E-state index contributed by atoms with van der Waals surface area (Å²) in [5, 5.41) is 36.0. The highest BCUT2D eigenvalue weighted by Gasteiger charge is 2.73. The van der Waals surface area contributed by atoms with Crippen molar-refractivity contribution in [3.8, 4) is 34.1 Å². The molecule has 464 valence electrons. The average Bonchev–Trinajstić information content (AvgIpc) is 1.02. The summed E-state index contributed by atoms with van der Waals surface area (Å²) < 4.78 is 57.5. The van der Waals surface area contributed by atoms with Crippen LogP contribution in [0.15, 0.2) is 140 Å². The van der Waals surface area contributed by atoms with Crippen LogP contribution in [0, 0.1) is 51.2 Å². The van der Waals surface area contributed by atoms with Crippen LogP contribution in [0.2, 0.25) is 0 Å². The van der Waals surface area contributed by atoms with Crippen molar-refractivity contribution in [2.75, 3.05) is 13.2 Å². The van der Waals surface area contributed by atoms with Crippen molar-refractivity contribution < 1.29 is 62.1 Å². The minimum Gasteiger partial charge on any atom is -0.484 e. The SMILES string of the molecule is C[C@]12CC[C@@H]3O[C@H](c4ccccc4)OC[C@@]3(C)C1C[C@H](O)[C@@]1(C)Oc3cc(-c4cccnc4)oc(=O)c3[C@H](O)C21.C[C@]12CC[C@@H]3O[C@H](c4ccccc4)OC[C@@]3(C)C1C[C@H](OC(=O)C1CCCCC1)[C@@]1(C)Oc3cc(-c4cccnc4)oc(=O)c3[C@H](O)C21. The molecule has 0 radical (unpaired) electrons. The Hall–Kier alpha value is -6.57. The van der Waals surface area contributed by atoms with Crippen LogP contribution in [0.25, 0.3) is 22.6 Å². The summed E-state index contributed by atoms with van der Waals surface area (Å²) in [5.74, 6) is -0.462. The molecule has 4 aliphatic heterocycles. The molecule has 6 aromatic rings. The van der Waals surface area contributed by atoms with Crippen LogP contribution in [-0.4, -0.2) is 80.1 Å². The maximum Gasteiger partial charge on any atom is 0.345 e. The molecule has 4 aromatic heterocycles. The zero-order chi connectivity index (χ0) is 61.1. The molecule has 0 bridgehead atoms. The molecule has 0 spiro atoms. The number of aliphatic hydroxyl groups excluding tert-OH is 3. The summed E-state index contributed by atoms with van der Waals surface area (Å²) in [6.45, 7) is 13.5. The molecule has 17 heteroatoms. The van der Waals surface area contributed by atoms with Gasteiger partial charge in [0, 0.05) is 81.8 Å². The molecule has 0 amide bonds. The average molecular weight is 1200 g/mol. The van der Waals surface area contributed by atoms with Gasteiger partial charge in [0.1, 0.15) is 51.5 Å². The highest BCUT2D eigenvalue weighted by molar-refractivity contribution is 5.73. The van der Waals surface area contributed by atoms with Crippen molar-refractivity contribution in [3.63, 3.8) is 0 Å². The van der Waals surface area contributed by atoms with Crippen molar-refractivity contribution in [1.29, 1.82) is 0 Å². The lowest BCUT2D eigenvalue weighted by Gasteiger charge is -2.67. The minimum atomic E-state index is -1.20. The number of hydrogen-bond donors (Lipinski definition) is 3. The van der Waals surface area contributed by atoms with Crippen LogP contribution in [0.5, 0.6) is 11.5 Å². The Bertz CT molecular complexity index is 3680. The highest BCUT2D eigenvalue weighted by atomic mass is 16.7. The van der Waals surface area contributed by atoms with Crippen LogP contribution < -0.4 is 20.7 Å². The van der Waals surface area contributed by atoms with Crippen LogP contribution in [0.3, 0.4) is 0 Å². The number of nitrogens with zero attached hydrogens (tertiary/aromatic N) is 2. The zero-order valence-corrected chi connectivity index (χ0v) is 50.9. The second-order valence-corrected chi connectivity index (χ2v) is 28.1. The lowest BCUT2D eigenvalue weighted by molar-refractivity contribution is -0.331. The van der Waals surface area contributed by atoms with E-state index in [0.717, 1.165) is 68.9 Å². The lowest BCUT2D eigenvalue weighted by atomic mass is 9.42. The van der Waals surface area contributed by atoms with E-state index in [2.05, 4.69) is 37.7 Å². The van der Waals surface area contributed by atoms with Gasteiger partial charge in [-0.1, -0.05) is 108 Å². The number of fused-ring (bicyclic) bond motifs is 12. The van der Waals surface area contributed by atoms with Gasteiger partial charge < -0.3 is 57.3 Å². The fourth-order valence-electron chi connectivity index (χ4n) is 18.7. The summed E-state index contributed by atoms with van der Waals surface area (Å²) in [7, 11) is 0. The van der Waals surface area contributed by atoms with E-state index in [1.165, 1.54) is 0 Å². The molecule has 8 heterocycles. The number of aliphatic hydroxyl groups is 3. The molecule has 5 aliphatic carbocycles. The molecule has 3 N–H and O–H groups in total. The van der Waals surface area contributed by atoms with Crippen molar-refractivity contribution in [2.45, 2.75) is 173 Å². The van der Waals surface area contributed by atoms with Crippen LogP contribution in [0.4, 0.5) is 0 Å². The third kappa shape index (κ3) is 9.45. The van der Waals surface area contributed by atoms with E-state index in [1.54, 1.807) is 61.2 Å². The number of ether oxygens (including phenoxy) is 7. The number of aromatic nitrogens is 2. The van der Waals surface area contributed by atoms with E-state index in [9.17, 15) is 29.7 Å². The predicted octanol–water partition coefficient (Wildman–Crippen LogP) is 11.7. The van der Waals surface area contributed by atoms with Gasteiger partial charge in [0.2, 0.25) is 0 Å². The van der Waals surface area contributed by atoms with E-state index in [-0.39, 0.29) is 58.6 Å². The Kier molecular flexibility index (Phi) is 14.9. The Labute approximate surface area is 512 Å². The van der Waals surface area contributed by atoms with Gasteiger partial charge in [-0.25, -0.2) is 9.59 Å². The summed E-state index contributed by atoms with van der Waals surface area (Å²) in [4.78, 5) is 49.1. The normalized spacial score (nSPS) is 38.7. The van der Waals surface area contributed by atoms with Crippen molar-refractivity contribution in [1.82, 2.24) is 9.97 Å². The second-order valence-electron chi connectivity index (χ2n) is 28.1. The summed E-state index contributed by atoms with van der Waals surface area (Å²) in [6.07, 6.45) is 10.3. The van der Waals surface area contributed by atoms with Gasteiger partial charge in [0.25, 0.3) is 0 Å². The maximum atomic E-state index is 13.8. The Morgan fingerprint density at radius 3 is 1.50 bits per heavy atom. The first kappa shape index (κ1) is 59.1. The molecular formula is C71H80N2O15. The zero-order valence-electron chi connectivity index (χ0n) is 50.9. The molecule has 15 rings (SSSR count). The molecule has 5 saturated carbocycles. The Balaban J connectivity index is 0.000000157. The first-order chi connectivity index (χ1) is 42.3. The maximum absolute atomic E-state index is 13.8. The van der Waals surface area contributed by atoms with Crippen molar-refractivity contribution in [2.24, 2.45) is 51.2 Å². The number of hydrogen-bond acceptors (Lipinski definition) is 17. The number of carbonyl (C=O) groups is 1. The lowest BCUT2D eigenvalue weighted by Crippen LogP contribution is -2.72. The van der Waals surface area contributed by atoms with Crippen molar-refractivity contribution >= 4 is 5.97 Å². The van der Waals surface area contributed by atoms with Gasteiger partial charge in [0.05, 0.1) is 49.7 Å². The first-order valence-corrected chi connectivity index (χ1v) is 31.7. The molecule has 9 aliphatic rings. The fourth-order valence-corrected chi connectivity index (χ4v) is 18.7. The highest BCUT2D eigenvalue weighted by Crippen LogP contribution is 2.70. The summed E-state index contributed by atoms with van der Waals surface area (Å²) >= 11 is 0. The fraction of sp³-hybridized carbons (Fsp3) is 0.535. The van der Waals surface area contributed by atoms with Crippen LogP contribution in [-0.2, 0) is 28.5 Å². The minimum absolute atomic E-state index is 0.0370. The van der Waals surface area contributed by atoms with E-state index in [4.69, 9.17) is 42.0 Å². The molecule has 4 unspecified atom stereocenters. The molecular weight excluding hydrogens is 1120 g/mol. The van der Waals surface area contributed by atoms with Gasteiger partial charge in [-0.2, -0.15) is 0 Å². The number of carbonyl (C=O) groups excluding carboxylic acids is 1. The van der Waals surface area contributed by atoms with Crippen LogP contribution in [0.1, 0.15) is 159 Å². The Morgan fingerprint density at radius 2 is 1.02 bits per heavy atom. The number of pyridine rings is 2. The van der Waals surface area contributed by atoms with E-state index in [1.807, 2.05) is 74.5 Å². The van der Waals surface area contributed by atoms with E-state index < -0.39 is 92.9 Å². The molecule has 88 heavy (non-hydrogen) atoms. The molecule has 7 fully saturated rings.